The molecule has 0 bridgehead atoms. The van der Waals surface area contributed by atoms with Gasteiger partial charge in [-0.05, 0) is 38.7 Å². The first kappa shape index (κ1) is 20.8. The summed E-state index contributed by atoms with van der Waals surface area (Å²) in [6, 6.07) is 9.59. The van der Waals surface area contributed by atoms with Gasteiger partial charge in [0.25, 0.3) is 0 Å². The standard InChI is InChI=1S/C22H27F3N4O/c1-14-12-19(22(23,24)25)29-20(26-14)13-18(27-29)17-8-10-28(11-9-17)21(30)15(2)16-6-4-3-5-7-16/h3-7,13-15,17,19,26H,8-12H2,1-2H3/t14-,15-,19-/m1/s1. The molecule has 0 radical (unpaired) electrons. The molecule has 0 saturated carbocycles. The summed E-state index contributed by atoms with van der Waals surface area (Å²) in [5.74, 6) is 0.379. The molecule has 2 aromatic rings. The zero-order valence-corrected chi connectivity index (χ0v) is 17.2. The van der Waals surface area contributed by atoms with E-state index in [1.54, 1.807) is 13.0 Å². The Hall–Kier alpha value is -2.51. The Morgan fingerprint density at radius 3 is 2.50 bits per heavy atom. The van der Waals surface area contributed by atoms with Crippen LogP contribution < -0.4 is 5.32 Å². The van der Waals surface area contributed by atoms with Crippen molar-refractivity contribution in [3.63, 3.8) is 0 Å². The molecule has 1 saturated heterocycles. The fraction of sp³-hybridized carbons (Fsp3) is 0.545. The number of fused-ring (bicyclic) bond motifs is 1. The third kappa shape index (κ3) is 4.04. The van der Waals surface area contributed by atoms with Gasteiger partial charge in [-0.25, -0.2) is 4.68 Å². The second kappa shape index (κ2) is 7.96. The summed E-state index contributed by atoms with van der Waals surface area (Å²) in [7, 11) is 0. The van der Waals surface area contributed by atoms with Crippen LogP contribution in [0.4, 0.5) is 19.0 Å². The van der Waals surface area contributed by atoms with Crippen molar-refractivity contribution in [2.24, 2.45) is 0 Å². The van der Waals surface area contributed by atoms with Gasteiger partial charge in [0.15, 0.2) is 6.04 Å². The van der Waals surface area contributed by atoms with Crippen LogP contribution in [0, 0.1) is 0 Å². The zero-order valence-electron chi connectivity index (χ0n) is 17.2. The van der Waals surface area contributed by atoms with Crippen molar-refractivity contribution in [3.8, 4) is 0 Å². The minimum Gasteiger partial charge on any atom is -0.368 e. The number of nitrogens with one attached hydrogen (secondary N) is 1. The number of likely N-dealkylation sites (tertiary alicyclic amines) is 1. The van der Waals surface area contributed by atoms with E-state index in [-0.39, 0.29) is 30.2 Å². The van der Waals surface area contributed by atoms with Crippen molar-refractivity contribution in [1.29, 1.82) is 0 Å². The van der Waals surface area contributed by atoms with E-state index in [0.717, 1.165) is 10.2 Å². The van der Waals surface area contributed by atoms with Gasteiger partial charge >= 0.3 is 6.18 Å². The number of halogens is 3. The molecule has 5 nitrogen and oxygen atoms in total. The van der Waals surface area contributed by atoms with E-state index in [4.69, 9.17) is 0 Å². The molecule has 1 fully saturated rings. The maximum Gasteiger partial charge on any atom is 0.410 e. The van der Waals surface area contributed by atoms with Crippen LogP contribution in [0.1, 0.15) is 62.2 Å². The summed E-state index contributed by atoms with van der Waals surface area (Å²) in [5.41, 5.74) is 1.67. The van der Waals surface area contributed by atoms with Crippen molar-refractivity contribution in [3.05, 3.63) is 47.7 Å². The number of alkyl halides is 3. The lowest BCUT2D eigenvalue weighted by molar-refractivity contribution is -0.173. The predicted molar refractivity (Wildman–Crippen MR) is 108 cm³/mol. The number of carbonyl (C=O) groups is 1. The number of hydrogen-bond donors (Lipinski definition) is 1. The van der Waals surface area contributed by atoms with Crippen LogP contribution in [0.25, 0.3) is 0 Å². The number of piperidine rings is 1. The molecule has 0 unspecified atom stereocenters. The minimum atomic E-state index is -4.32. The van der Waals surface area contributed by atoms with E-state index in [1.165, 1.54) is 0 Å². The molecule has 162 valence electrons. The van der Waals surface area contributed by atoms with Crippen LogP contribution in [-0.4, -0.2) is 45.9 Å². The smallest absolute Gasteiger partial charge is 0.368 e. The van der Waals surface area contributed by atoms with Crippen molar-refractivity contribution in [2.75, 3.05) is 18.4 Å². The Kier molecular flexibility index (Phi) is 5.51. The van der Waals surface area contributed by atoms with Crippen LogP contribution in [0.3, 0.4) is 0 Å². The van der Waals surface area contributed by atoms with Crippen LogP contribution in [-0.2, 0) is 4.79 Å². The second-order valence-electron chi connectivity index (χ2n) is 8.47. The van der Waals surface area contributed by atoms with Gasteiger partial charge in [-0.3, -0.25) is 4.79 Å². The molecule has 1 N–H and O–H groups in total. The highest BCUT2D eigenvalue weighted by Gasteiger charge is 2.45. The van der Waals surface area contributed by atoms with E-state index in [9.17, 15) is 18.0 Å². The molecule has 3 atom stereocenters. The number of carbonyl (C=O) groups excluding carboxylic acids is 1. The molecule has 0 aliphatic carbocycles. The highest BCUT2D eigenvalue weighted by atomic mass is 19.4. The van der Waals surface area contributed by atoms with E-state index in [2.05, 4.69) is 10.4 Å². The first-order valence-corrected chi connectivity index (χ1v) is 10.5. The summed E-state index contributed by atoms with van der Waals surface area (Å²) in [6.45, 7) is 4.86. The van der Waals surface area contributed by atoms with Gasteiger partial charge in [0, 0.05) is 31.1 Å². The average Bonchev–Trinajstić information content (AvgIpc) is 3.16. The fourth-order valence-corrected chi connectivity index (χ4v) is 4.53. The molecular weight excluding hydrogens is 393 g/mol. The molecule has 1 aromatic heterocycles. The lowest BCUT2D eigenvalue weighted by Gasteiger charge is -2.33. The highest BCUT2D eigenvalue weighted by molar-refractivity contribution is 5.83. The third-order valence-electron chi connectivity index (χ3n) is 6.29. The Bertz CT molecular complexity index is 888. The maximum atomic E-state index is 13.5. The highest BCUT2D eigenvalue weighted by Crippen LogP contribution is 2.41. The number of amides is 1. The van der Waals surface area contributed by atoms with Crippen LogP contribution in [0.15, 0.2) is 36.4 Å². The van der Waals surface area contributed by atoms with Crippen LogP contribution >= 0.6 is 0 Å². The number of rotatable bonds is 3. The predicted octanol–water partition coefficient (Wildman–Crippen LogP) is 4.70. The first-order valence-electron chi connectivity index (χ1n) is 10.5. The topological polar surface area (TPSA) is 50.2 Å². The number of benzene rings is 1. The zero-order chi connectivity index (χ0) is 21.5. The lowest BCUT2D eigenvalue weighted by atomic mass is 9.92. The minimum absolute atomic E-state index is 0.0259. The van der Waals surface area contributed by atoms with Gasteiger partial charge in [-0.2, -0.15) is 18.3 Å². The van der Waals surface area contributed by atoms with Crippen molar-refractivity contribution >= 4 is 11.7 Å². The SMILES string of the molecule is C[C@@H]1C[C@H](C(F)(F)F)n2nc(C3CCN(C(=O)[C@H](C)c4ccccc4)CC3)cc2N1. The summed E-state index contributed by atoms with van der Waals surface area (Å²) in [6.07, 6.45) is -2.94. The van der Waals surface area contributed by atoms with E-state index in [1.807, 2.05) is 42.2 Å². The lowest BCUT2D eigenvalue weighted by Crippen LogP contribution is -2.40. The Morgan fingerprint density at radius 2 is 1.87 bits per heavy atom. The number of aromatic nitrogens is 2. The van der Waals surface area contributed by atoms with Crippen LogP contribution in [0.5, 0.6) is 0 Å². The Balaban J connectivity index is 1.43. The third-order valence-corrected chi connectivity index (χ3v) is 6.29. The fourth-order valence-electron chi connectivity index (χ4n) is 4.53. The number of nitrogens with zero attached hydrogens (tertiary/aromatic N) is 3. The normalized spacial score (nSPS) is 23.6. The summed E-state index contributed by atoms with van der Waals surface area (Å²) >= 11 is 0. The molecule has 8 heteroatoms. The van der Waals surface area contributed by atoms with Gasteiger partial charge < -0.3 is 10.2 Å². The maximum absolute atomic E-state index is 13.5. The first-order chi connectivity index (χ1) is 14.2. The monoisotopic (exact) mass is 420 g/mol. The molecule has 0 spiro atoms. The van der Waals surface area contributed by atoms with Crippen molar-refractivity contribution < 1.29 is 18.0 Å². The largest absolute Gasteiger partial charge is 0.410 e. The average molecular weight is 420 g/mol. The Morgan fingerprint density at radius 1 is 1.20 bits per heavy atom. The van der Waals surface area contributed by atoms with Gasteiger partial charge in [0.2, 0.25) is 5.91 Å². The van der Waals surface area contributed by atoms with E-state index < -0.39 is 12.2 Å². The second-order valence-corrected chi connectivity index (χ2v) is 8.47. The molecule has 1 aromatic carbocycles. The summed E-state index contributed by atoms with van der Waals surface area (Å²) in [4.78, 5) is 14.7. The van der Waals surface area contributed by atoms with E-state index >= 15 is 0 Å². The molecule has 2 aliphatic rings. The molecule has 2 aliphatic heterocycles. The molecule has 3 heterocycles. The van der Waals surface area contributed by atoms with Gasteiger partial charge in [0.05, 0.1) is 11.6 Å². The van der Waals surface area contributed by atoms with Gasteiger partial charge in [-0.15, -0.1) is 0 Å². The van der Waals surface area contributed by atoms with Gasteiger partial charge in [0.1, 0.15) is 5.82 Å². The molecular formula is C22H27F3N4O. The number of hydrogen-bond acceptors (Lipinski definition) is 3. The molecule has 30 heavy (non-hydrogen) atoms. The van der Waals surface area contributed by atoms with Crippen molar-refractivity contribution in [2.45, 2.75) is 63.2 Å². The molecule has 4 rings (SSSR count). The quantitative estimate of drug-likeness (QED) is 0.783. The molecule has 1 amide bonds. The van der Waals surface area contributed by atoms with Crippen molar-refractivity contribution in [1.82, 2.24) is 14.7 Å². The van der Waals surface area contributed by atoms with E-state index in [0.29, 0.717) is 37.4 Å². The summed E-state index contributed by atoms with van der Waals surface area (Å²) in [5, 5.41) is 7.46. The summed E-state index contributed by atoms with van der Waals surface area (Å²) < 4.78 is 41.5. The van der Waals surface area contributed by atoms with Gasteiger partial charge in [-0.1, -0.05) is 30.3 Å². The van der Waals surface area contributed by atoms with Crippen LogP contribution in [0.2, 0.25) is 0 Å². The Labute approximate surface area is 174 Å². The number of anilines is 1.